The van der Waals surface area contributed by atoms with Gasteiger partial charge in [0.05, 0.1) is 24.0 Å². The molecule has 1 fully saturated rings. The Kier molecular flexibility index (Phi) is 6.45. The van der Waals surface area contributed by atoms with Gasteiger partial charge in [0.25, 0.3) is 0 Å². The zero-order valence-corrected chi connectivity index (χ0v) is 17.9. The summed E-state index contributed by atoms with van der Waals surface area (Å²) in [5, 5.41) is 11.3. The monoisotopic (exact) mass is 466 g/mol. The Hall–Kier alpha value is -2.70. The number of hydrogen-bond acceptors (Lipinski definition) is 5. The van der Waals surface area contributed by atoms with Crippen LogP contribution in [0.15, 0.2) is 65.1 Å². The molecule has 30 heavy (non-hydrogen) atoms. The van der Waals surface area contributed by atoms with E-state index in [0.29, 0.717) is 18.2 Å². The van der Waals surface area contributed by atoms with Gasteiger partial charge in [-0.05, 0) is 54.7 Å². The Morgan fingerprint density at radius 3 is 2.57 bits per heavy atom. The number of pyridine rings is 1. The van der Waals surface area contributed by atoms with E-state index < -0.39 is 5.97 Å². The number of benzene rings is 2. The van der Waals surface area contributed by atoms with Crippen LogP contribution in [0.4, 0.5) is 0 Å². The Bertz CT molecular complexity index is 1050. The molecule has 2 aromatic carbocycles. The number of carbonyl (C=O) groups excluding carboxylic acids is 1. The summed E-state index contributed by atoms with van der Waals surface area (Å²) in [5.41, 5.74) is 3.15. The number of rotatable bonds is 6. The van der Waals surface area contributed by atoms with Crippen molar-refractivity contribution in [3.05, 3.63) is 70.8 Å². The zero-order chi connectivity index (χ0) is 20.9. The highest BCUT2D eigenvalue weighted by Gasteiger charge is 2.17. The van der Waals surface area contributed by atoms with Gasteiger partial charge < -0.3 is 19.4 Å². The maximum Gasteiger partial charge on any atom is 0.127 e. The molecule has 0 amide bonds. The molecule has 1 saturated heterocycles. The van der Waals surface area contributed by atoms with Crippen molar-refractivity contribution in [1.82, 2.24) is 4.98 Å². The van der Waals surface area contributed by atoms with E-state index in [2.05, 4.69) is 20.9 Å². The zero-order valence-electron chi connectivity index (χ0n) is 16.3. The Morgan fingerprint density at radius 2 is 1.80 bits per heavy atom. The van der Waals surface area contributed by atoms with Crippen molar-refractivity contribution in [1.29, 1.82) is 0 Å². The second kappa shape index (κ2) is 9.41. The second-order valence-electron chi connectivity index (χ2n) is 7.25. The van der Waals surface area contributed by atoms with Gasteiger partial charge in [0.2, 0.25) is 0 Å². The standard InChI is InChI=1S/C24H22BrNO4/c25-17-8-9-23(30-15-16-10-12-29-13-11-16)20(14-17)18-4-1-2-5-19(18)21-6-3-7-22(26-21)24(27)28/h1-9,14,16H,10-13,15H2,(H,27,28)/p-1. The third kappa shape index (κ3) is 4.71. The predicted molar refractivity (Wildman–Crippen MR) is 116 cm³/mol. The van der Waals surface area contributed by atoms with Gasteiger partial charge in [0.1, 0.15) is 5.75 Å². The van der Waals surface area contributed by atoms with Crippen LogP contribution in [0.5, 0.6) is 5.75 Å². The first-order valence-corrected chi connectivity index (χ1v) is 10.7. The van der Waals surface area contributed by atoms with Crippen molar-refractivity contribution in [3.8, 4) is 28.1 Å². The summed E-state index contributed by atoms with van der Waals surface area (Å²) in [4.78, 5) is 15.5. The third-order valence-electron chi connectivity index (χ3n) is 5.21. The lowest BCUT2D eigenvalue weighted by atomic mass is 9.96. The average molecular weight is 467 g/mol. The summed E-state index contributed by atoms with van der Waals surface area (Å²) < 4.78 is 12.6. The molecule has 1 aliphatic heterocycles. The fourth-order valence-corrected chi connectivity index (χ4v) is 3.96. The van der Waals surface area contributed by atoms with Crippen LogP contribution in [0.1, 0.15) is 23.3 Å². The van der Waals surface area contributed by atoms with Gasteiger partial charge in [-0.1, -0.05) is 46.3 Å². The number of hydrogen-bond donors (Lipinski definition) is 0. The molecular weight excluding hydrogens is 446 g/mol. The molecule has 0 spiro atoms. The molecule has 1 aromatic heterocycles. The van der Waals surface area contributed by atoms with E-state index in [-0.39, 0.29) is 5.69 Å². The summed E-state index contributed by atoms with van der Waals surface area (Å²) in [6, 6.07) is 18.6. The minimum Gasteiger partial charge on any atom is -0.543 e. The van der Waals surface area contributed by atoms with Crippen LogP contribution in [-0.4, -0.2) is 30.8 Å². The van der Waals surface area contributed by atoms with Crippen molar-refractivity contribution in [2.45, 2.75) is 12.8 Å². The van der Waals surface area contributed by atoms with Crippen LogP contribution in [0.25, 0.3) is 22.4 Å². The van der Waals surface area contributed by atoms with E-state index in [9.17, 15) is 9.90 Å². The molecule has 5 nitrogen and oxygen atoms in total. The lowest BCUT2D eigenvalue weighted by Crippen LogP contribution is -2.23. The largest absolute Gasteiger partial charge is 0.543 e. The first-order chi connectivity index (χ1) is 14.6. The SMILES string of the molecule is O=C([O-])c1cccc(-c2ccccc2-c2cc(Br)ccc2OCC2CCOCC2)n1. The van der Waals surface area contributed by atoms with Gasteiger partial charge in [0.15, 0.2) is 0 Å². The lowest BCUT2D eigenvalue weighted by molar-refractivity contribution is -0.255. The molecule has 4 rings (SSSR count). The normalized spacial score (nSPS) is 14.4. The fourth-order valence-electron chi connectivity index (χ4n) is 3.60. The number of carboxylic acid groups (broad SMARTS) is 1. The molecule has 0 unspecified atom stereocenters. The van der Waals surface area contributed by atoms with Gasteiger partial charge >= 0.3 is 0 Å². The van der Waals surface area contributed by atoms with Gasteiger partial charge in [-0.25, -0.2) is 4.98 Å². The van der Waals surface area contributed by atoms with Crippen molar-refractivity contribution in [2.75, 3.05) is 19.8 Å². The summed E-state index contributed by atoms with van der Waals surface area (Å²) >= 11 is 3.56. The molecular formula is C24H21BrNO4-. The van der Waals surface area contributed by atoms with Crippen LogP contribution in [0, 0.1) is 5.92 Å². The van der Waals surface area contributed by atoms with E-state index in [4.69, 9.17) is 9.47 Å². The fraction of sp³-hybridized carbons (Fsp3) is 0.250. The lowest BCUT2D eigenvalue weighted by Gasteiger charge is -2.23. The van der Waals surface area contributed by atoms with Gasteiger partial charge in [0, 0.05) is 28.8 Å². The molecule has 0 bridgehead atoms. The maximum atomic E-state index is 11.3. The van der Waals surface area contributed by atoms with Crippen LogP contribution in [0.2, 0.25) is 0 Å². The molecule has 0 N–H and O–H groups in total. The van der Waals surface area contributed by atoms with E-state index >= 15 is 0 Å². The van der Waals surface area contributed by atoms with Crippen molar-refractivity contribution in [2.24, 2.45) is 5.92 Å². The Morgan fingerprint density at radius 1 is 1.03 bits per heavy atom. The second-order valence-corrected chi connectivity index (χ2v) is 8.16. The van der Waals surface area contributed by atoms with E-state index in [0.717, 1.165) is 53.0 Å². The van der Waals surface area contributed by atoms with Crippen LogP contribution >= 0.6 is 15.9 Å². The topological polar surface area (TPSA) is 71.5 Å². The Labute approximate surface area is 183 Å². The van der Waals surface area contributed by atoms with E-state index in [1.54, 1.807) is 12.1 Å². The molecule has 0 aliphatic carbocycles. The summed E-state index contributed by atoms with van der Waals surface area (Å²) in [6.45, 7) is 2.20. The van der Waals surface area contributed by atoms with Gasteiger partial charge in [-0.3, -0.25) is 0 Å². The molecule has 3 aromatic rings. The van der Waals surface area contributed by atoms with Crippen molar-refractivity contribution >= 4 is 21.9 Å². The maximum absolute atomic E-state index is 11.3. The minimum absolute atomic E-state index is 0.0902. The van der Waals surface area contributed by atoms with Gasteiger partial charge in [-0.2, -0.15) is 0 Å². The smallest absolute Gasteiger partial charge is 0.127 e. The highest BCUT2D eigenvalue weighted by Crippen LogP contribution is 2.38. The third-order valence-corrected chi connectivity index (χ3v) is 5.70. The number of carbonyl (C=O) groups is 1. The molecule has 6 heteroatoms. The number of carboxylic acids is 1. The predicted octanol–water partition coefficient (Wildman–Crippen LogP) is 4.35. The molecule has 2 heterocycles. The molecule has 1 aliphatic rings. The van der Waals surface area contributed by atoms with E-state index in [1.165, 1.54) is 6.07 Å². The average Bonchev–Trinajstić information content (AvgIpc) is 2.79. The number of aromatic nitrogens is 1. The first-order valence-electron chi connectivity index (χ1n) is 9.90. The van der Waals surface area contributed by atoms with Gasteiger partial charge in [-0.15, -0.1) is 0 Å². The molecule has 0 radical (unpaired) electrons. The number of aromatic carboxylic acids is 1. The summed E-state index contributed by atoms with van der Waals surface area (Å²) in [7, 11) is 0. The quantitative estimate of drug-likeness (QED) is 0.539. The van der Waals surface area contributed by atoms with Crippen LogP contribution in [0.3, 0.4) is 0 Å². The molecule has 154 valence electrons. The first kappa shape index (κ1) is 20.6. The summed E-state index contributed by atoms with van der Waals surface area (Å²) in [5.74, 6) is -0.0302. The van der Waals surface area contributed by atoms with E-state index in [1.807, 2.05) is 42.5 Å². The highest BCUT2D eigenvalue weighted by molar-refractivity contribution is 9.10. The van der Waals surface area contributed by atoms with Crippen LogP contribution in [-0.2, 0) is 4.74 Å². The highest BCUT2D eigenvalue weighted by atomic mass is 79.9. The van der Waals surface area contributed by atoms with Crippen molar-refractivity contribution in [3.63, 3.8) is 0 Å². The Balaban J connectivity index is 1.71. The number of ether oxygens (including phenoxy) is 2. The van der Waals surface area contributed by atoms with Crippen LogP contribution < -0.4 is 9.84 Å². The molecule has 0 saturated carbocycles. The molecule has 0 atom stereocenters. The van der Waals surface area contributed by atoms with Crippen molar-refractivity contribution < 1.29 is 19.4 Å². The summed E-state index contributed by atoms with van der Waals surface area (Å²) in [6.07, 6.45) is 2.00. The number of nitrogens with zero attached hydrogens (tertiary/aromatic N) is 1. The number of halogens is 1. The minimum atomic E-state index is -1.29.